The molecule has 5 aliphatic rings. The van der Waals surface area contributed by atoms with Gasteiger partial charge in [0.05, 0.1) is 0 Å². The first-order valence-electron chi connectivity index (χ1n) is 11.2. The quantitative estimate of drug-likeness (QED) is 0.558. The number of ether oxygens (including phenoxy) is 1. The number of carbonyl (C=O) groups is 2. The second-order valence-electron chi connectivity index (χ2n) is 11.1. The second-order valence-corrected chi connectivity index (χ2v) is 11.1. The third-order valence-electron chi connectivity index (χ3n) is 9.89. The van der Waals surface area contributed by atoms with Crippen molar-refractivity contribution in [2.24, 2.45) is 40.4 Å². The maximum absolute atomic E-state index is 12.1. The van der Waals surface area contributed by atoms with Gasteiger partial charge in [0.1, 0.15) is 5.60 Å². The Bertz CT molecular complexity index is 738. The van der Waals surface area contributed by atoms with Gasteiger partial charge in [0.15, 0.2) is 5.78 Å². The lowest BCUT2D eigenvalue weighted by atomic mass is 9.42. The number of hydrogen-bond donors (Lipinski definition) is 0. The summed E-state index contributed by atoms with van der Waals surface area (Å²) in [5.74, 6) is 3.56. The van der Waals surface area contributed by atoms with E-state index < -0.39 is 0 Å². The smallest absolute Gasteiger partial charge is 0.306 e. The summed E-state index contributed by atoms with van der Waals surface area (Å²) in [4.78, 5) is 24.2. The van der Waals surface area contributed by atoms with Crippen molar-refractivity contribution >= 4 is 11.8 Å². The van der Waals surface area contributed by atoms with E-state index in [9.17, 15) is 9.59 Å². The highest BCUT2D eigenvalue weighted by molar-refractivity contribution is 5.91. The van der Waals surface area contributed by atoms with Gasteiger partial charge in [-0.3, -0.25) is 9.59 Å². The van der Waals surface area contributed by atoms with Crippen LogP contribution >= 0.6 is 0 Å². The fourth-order valence-electron chi connectivity index (χ4n) is 8.85. The topological polar surface area (TPSA) is 43.4 Å². The average molecular weight is 371 g/mol. The molecule has 0 bridgehead atoms. The van der Waals surface area contributed by atoms with Gasteiger partial charge in [-0.2, -0.15) is 0 Å². The number of esters is 1. The van der Waals surface area contributed by atoms with Crippen LogP contribution in [0.25, 0.3) is 0 Å². The van der Waals surface area contributed by atoms with E-state index in [1.165, 1.54) is 12.0 Å². The zero-order valence-corrected chi connectivity index (χ0v) is 17.3. The lowest BCUT2D eigenvalue weighted by molar-refractivity contribution is -0.178. The summed E-state index contributed by atoms with van der Waals surface area (Å²) in [6.45, 7) is 9.76. The van der Waals surface area contributed by atoms with Crippen LogP contribution in [0.5, 0.6) is 0 Å². The highest BCUT2D eigenvalue weighted by atomic mass is 16.6. The Morgan fingerprint density at radius 1 is 1.04 bits per heavy atom. The molecule has 27 heavy (non-hydrogen) atoms. The zero-order chi connectivity index (χ0) is 19.2. The lowest BCUT2D eigenvalue weighted by Gasteiger charge is -2.63. The average Bonchev–Trinajstić information content (AvgIpc) is 3.10. The number of rotatable bonds is 0. The highest BCUT2D eigenvalue weighted by Crippen LogP contribution is 2.71. The Labute approximate surface area is 163 Å². The first-order chi connectivity index (χ1) is 12.7. The van der Waals surface area contributed by atoms with E-state index in [1.807, 2.05) is 6.08 Å². The number of ketones is 1. The molecule has 8 atom stereocenters. The van der Waals surface area contributed by atoms with Crippen molar-refractivity contribution in [2.75, 3.05) is 0 Å². The van der Waals surface area contributed by atoms with Gasteiger partial charge >= 0.3 is 5.97 Å². The Morgan fingerprint density at radius 3 is 2.52 bits per heavy atom. The molecule has 0 aromatic heterocycles. The normalized spacial score (nSPS) is 54.2. The summed E-state index contributed by atoms with van der Waals surface area (Å²) >= 11 is 0. The van der Waals surface area contributed by atoms with Crippen molar-refractivity contribution in [2.45, 2.75) is 84.7 Å². The summed E-state index contributed by atoms with van der Waals surface area (Å²) in [5.41, 5.74) is 1.54. The van der Waals surface area contributed by atoms with E-state index in [-0.39, 0.29) is 22.4 Å². The second kappa shape index (κ2) is 5.48. The standard InChI is InChI=1S/C24H34O3/c1-14-11-16-12-17(25)5-8-22(16,3)21-15(2)13-23(4)18(20(14)21)6-9-24(23)10-7-19(26)27-24/h12,14-15,18,20-21H,5-11,13H2,1-4H3/t14-,15?,18?,20?,21?,22+,23+,24?/m1/s1. The molecular weight excluding hydrogens is 336 g/mol. The van der Waals surface area contributed by atoms with Gasteiger partial charge in [-0.15, -0.1) is 0 Å². The molecule has 0 radical (unpaired) electrons. The van der Waals surface area contributed by atoms with Crippen molar-refractivity contribution in [3.63, 3.8) is 0 Å². The van der Waals surface area contributed by atoms with Crippen molar-refractivity contribution in [3.8, 4) is 0 Å². The Balaban J connectivity index is 1.57. The maximum Gasteiger partial charge on any atom is 0.306 e. The van der Waals surface area contributed by atoms with Crippen LogP contribution in [-0.4, -0.2) is 17.4 Å². The molecule has 3 saturated carbocycles. The van der Waals surface area contributed by atoms with Crippen LogP contribution in [-0.2, 0) is 14.3 Å². The molecule has 1 spiro atoms. The third kappa shape index (κ3) is 2.15. The van der Waals surface area contributed by atoms with Crippen LogP contribution in [0.1, 0.15) is 79.1 Å². The molecule has 0 aromatic carbocycles. The molecule has 4 aliphatic carbocycles. The van der Waals surface area contributed by atoms with E-state index in [1.54, 1.807) is 0 Å². The Morgan fingerprint density at radius 2 is 1.81 bits per heavy atom. The summed E-state index contributed by atoms with van der Waals surface area (Å²) in [6, 6.07) is 0. The molecule has 3 nitrogen and oxygen atoms in total. The fourth-order valence-corrected chi connectivity index (χ4v) is 8.85. The van der Waals surface area contributed by atoms with Crippen LogP contribution < -0.4 is 0 Å². The van der Waals surface area contributed by atoms with E-state index >= 15 is 0 Å². The summed E-state index contributed by atoms with van der Waals surface area (Å²) < 4.78 is 6.10. The van der Waals surface area contributed by atoms with Gasteiger partial charge in [-0.25, -0.2) is 0 Å². The summed E-state index contributed by atoms with van der Waals surface area (Å²) in [5, 5.41) is 0. The Hall–Kier alpha value is -1.12. The number of hydrogen-bond acceptors (Lipinski definition) is 3. The minimum Gasteiger partial charge on any atom is -0.458 e. The SMILES string of the molecule is CC1C[C@@]2(C)C(CCC23CCC(=O)O3)C2C1[C@@]1(C)CCC(=O)C=C1C[C@H]2C. The van der Waals surface area contributed by atoms with Crippen LogP contribution in [0.3, 0.4) is 0 Å². The van der Waals surface area contributed by atoms with E-state index in [2.05, 4.69) is 27.7 Å². The molecule has 4 fully saturated rings. The molecule has 1 aliphatic heterocycles. The molecule has 1 saturated heterocycles. The molecule has 0 amide bonds. The van der Waals surface area contributed by atoms with E-state index in [0.29, 0.717) is 48.2 Å². The van der Waals surface area contributed by atoms with Crippen molar-refractivity contribution in [1.82, 2.24) is 0 Å². The van der Waals surface area contributed by atoms with Gasteiger partial charge < -0.3 is 4.74 Å². The van der Waals surface area contributed by atoms with E-state index in [4.69, 9.17) is 4.74 Å². The van der Waals surface area contributed by atoms with Crippen LogP contribution in [0.4, 0.5) is 0 Å². The molecule has 148 valence electrons. The van der Waals surface area contributed by atoms with Gasteiger partial charge in [0.25, 0.3) is 0 Å². The first-order valence-corrected chi connectivity index (χ1v) is 11.2. The number of allylic oxidation sites excluding steroid dienone is 1. The highest BCUT2D eigenvalue weighted by Gasteiger charge is 2.69. The summed E-state index contributed by atoms with van der Waals surface area (Å²) in [6.07, 6.45) is 9.78. The fraction of sp³-hybridized carbons (Fsp3) is 0.833. The third-order valence-corrected chi connectivity index (χ3v) is 9.89. The molecule has 0 aromatic rings. The molecular formula is C24H34O3. The predicted molar refractivity (Wildman–Crippen MR) is 104 cm³/mol. The van der Waals surface area contributed by atoms with Gasteiger partial charge in [-0.05, 0) is 79.6 Å². The molecule has 3 heteroatoms. The van der Waals surface area contributed by atoms with Gasteiger partial charge in [0, 0.05) is 18.3 Å². The van der Waals surface area contributed by atoms with Crippen LogP contribution in [0, 0.1) is 40.4 Å². The largest absolute Gasteiger partial charge is 0.458 e. The van der Waals surface area contributed by atoms with Gasteiger partial charge in [-0.1, -0.05) is 33.3 Å². The molecule has 5 rings (SSSR count). The van der Waals surface area contributed by atoms with Crippen LogP contribution in [0.15, 0.2) is 11.6 Å². The maximum atomic E-state index is 12.1. The van der Waals surface area contributed by atoms with Crippen molar-refractivity contribution in [3.05, 3.63) is 11.6 Å². The minimum atomic E-state index is -0.201. The van der Waals surface area contributed by atoms with E-state index in [0.717, 1.165) is 32.1 Å². The molecule has 5 unspecified atom stereocenters. The first kappa shape index (κ1) is 17.9. The number of fused-ring (bicyclic) bond motifs is 6. The minimum absolute atomic E-state index is 0.0197. The molecule has 1 heterocycles. The van der Waals surface area contributed by atoms with Crippen molar-refractivity contribution < 1.29 is 14.3 Å². The lowest BCUT2D eigenvalue weighted by Crippen LogP contribution is -2.59. The molecule has 0 N–H and O–H groups in total. The monoisotopic (exact) mass is 370 g/mol. The van der Waals surface area contributed by atoms with Crippen LogP contribution in [0.2, 0.25) is 0 Å². The Kier molecular flexibility index (Phi) is 3.64. The number of carbonyl (C=O) groups excluding carboxylic acids is 2. The zero-order valence-electron chi connectivity index (χ0n) is 17.3. The van der Waals surface area contributed by atoms with Crippen molar-refractivity contribution in [1.29, 1.82) is 0 Å². The predicted octanol–water partition coefficient (Wildman–Crippen LogP) is 5.09. The van der Waals surface area contributed by atoms with Gasteiger partial charge in [0.2, 0.25) is 0 Å². The summed E-state index contributed by atoms with van der Waals surface area (Å²) in [7, 11) is 0.